The van der Waals surface area contributed by atoms with E-state index in [4.69, 9.17) is 14.2 Å². The van der Waals surface area contributed by atoms with Crippen molar-refractivity contribution < 1.29 is 28.9 Å². The molecule has 144 valence electrons. The van der Waals surface area contributed by atoms with E-state index in [1.54, 1.807) is 0 Å². The van der Waals surface area contributed by atoms with Crippen LogP contribution < -0.4 is 0 Å². The summed E-state index contributed by atoms with van der Waals surface area (Å²) in [6.07, 6.45) is 4.61. The van der Waals surface area contributed by atoms with Gasteiger partial charge >= 0.3 is 11.9 Å². The van der Waals surface area contributed by atoms with Crippen LogP contribution in [-0.4, -0.2) is 47.6 Å². The Hall–Kier alpha value is -1.14. The average Bonchev–Trinajstić information content (AvgIpc) is 3.16. The summed E-state index contributed by atoms with van der Waals surface area (Å²) in [5, 5.41) is 11.1. The monoisotopic (exact) mass is 364 g/mol. The molecule has 6 heteroatoms. The zero-order valence-corrected chi connectivity index (χ0v) is 15.6. The van der Waals surface area contributed by atoms with E-state index in [9.17, 15) is 14.7 Å². The van der Waals surface area contributed by atoms with Crippen LogP contribution in [0.15, 0.2) is 0 Å². The molecule has 0 radical (unpaired) electrons. The van der Waals surface area contributed by atoms with Crippen molar-refractivity contribution >= 4 is 11.9 Å². The molecule has 0 aromatic heterocycles. The fourth-order valence-corrected chi connectivity index (χ4v) is 7.41. The first-order chi connectivity index (χ1) is 12.3. The van der Waals surface area contributed by atoms with Crippen molar-refractivity contribution in [3.05, 3.63) is 0 Å². The van der Waals surface area contributed by atoms with Gasteiger partial charge in [-0.25, -0.2) is 4.79 Å². The van der Waals surface area contributed by atoms with Crippen molar-refractivity contribution in [3.8, 4) is 0 Å². The Labute approximate surface area is 153 Å². The number of aliphatic hydroxyl groups is 1. The number of hydrogen-bond acceptors (Lipinski definition) is 6. The lowest BCUT2D eigenvalue weighted by atomic mass is 9.42. The van der Waals surface area contributed by atoms with Crippen LogP contribution in [0.2, 0.25) is 0 Å². The molecule has 7 atom stereocenters. The third-order valence-electron chi connectivity index (χ3n) is 8.54. The smallest absolute Gasteiger partial charge is 0.338 e. The molecule has 3 heterocycles. The van der Waals surface area contributed by atoms with Crippen molar-refractivity contribution in [1.82, 2.24) is 0 Å². The Kier molecular flexibility index (Phi) is 3.28. The van der Waals surface area contributed by atoms with Crippen molar-refractivity contribution in [3.63, 3.8) is 0 Å². The van der Waals surface area contributed by atoms with E-state index < -0.39 is 28.1 Å². The molecule has 3 saturated heterocycles. The number of cyclic esters (lactones) is 2. The van der Waals surface area contributed by atoms with Gasteiger partial charge in [0.25, 0.3) is 0 Å². The molecule has 3 aliphatic heterocycles. The fraction of sp³-hybridized carbons (Fsp3) is 0.900. The molecule has 0 amide bonds. The zero-order chi connectivity index (χ0) is 18.4. The van der Waals surface area contributed by atoms with Gasteiger partial charge in [0.2, 0.25) is 0 Å². The SMILES string of the molecule is C[C@H]1C[C@@H](O)[C@@H]2[C@]3(CCC[C@]2(C)C(=O)OC3)[C@@]12CC[C@@]1(CCOC1=O)O2. The normalized spacial score (nSPS) is 55.7. The summed E-state index contributed by atoms with van der Waals surface area (Å²) in [4.78, 5) is 25.1. The van der Waals surface area contributed by atoms with Gasteiger partial charge in [0.05, 0.1) is 23.7 Å². The summed E-state index contributed by atoms with van der Waals surface area (Å²) < 4.78 is 17.7. The van der Waals surface area contributed by atoms with Gasteiger partial charge in [-0.1, -0.05) is 13.3 Å². The van der Waals surface area contributed by atoms with E-state index >= 15 is 0 Å². The number of carbonyl (C=O) groups excluding carboxylic acids is 2. The third kappa shape index (κ3) is 1.71. The Morgan fingerprint density at radius 2 is 1.85 bits per heavy atom. The van der Waals surface area contributed by atoms with Gasteiger partial charge in [0, 0.05) is 17.8 Å². The topological polar surface area (TPSA) is 82.1 Å². The summed E-state index contributed by atoms with van der Waals surface area (Å²) in [6.45, 7) is 4.78. The highest BCUT2D eigenvalue weighted by Crippen LogP contribution is 2.70. The quantitative estimate of drug-likeness (QED) is 0.662. The largest absolute Gasteiger partial charge is 0.465 e. The highest BCUT2D eigenvalue weighted by Gasteiger charge is 2.76. The molecule has 26 heavy (non-hydrogen) atoms. The van der Waals surface area contributed by atoms with Gasteiger partial charge in [-0.2, -0.15) is 0 Å². The van der Waals surface area contributed by atoms with E-state index in [0.29, 0.717) is 32.5 Å². The van der Waals surface area contributed by atoms with E-state index in [2.05, 4.69) is 6.92 Å². The van der Waals surface area contributed by atoms with Crippen molar-refractivity contribution in [2.45, 2.75) is 76.1 Å². The maximum Gasteiger partial charge on any atom is 0.338 e. The molecular formula is C20H28O6. The minimum absolute atomic E-state index is 0.0978. The second-order valence-electron chi connectivity index (χ2n) is 9.56. The first-order valence-corrected chi connectivity index (χ1v) is 10.0. The molecule has 0 aromatic carbocycles. The maximum absolute atomic E-state index is 12.7. The minimum Gasteiger partial charge on any atom is -0.465 e. The molecule has 2 saturated carbocycles. The van der Waals surface area contributed by atoms with Gasteiger partial charge in [-0.15, -0.1) is 0 Å². The van der Waals surface area contributed by atoms with E-state index in [0.717, 1.165) is 25.7 Å². The second-order valence-corrected chi connectivity index (χ2v) is 9.56. The van der Waals surface area contributed by atoms with Crippen molar-refractivity contribution in [1.29, 1.82) is 0 Å². The standard InChI is InChI=1S/C20H28O6/c1-12-10-13(21)14-17(2)4-3-5-18(14,11-25-15(17)22)20(12)7-6-19(26-20)8-9-24-16(19)23/h12-14,21H,3-11H2,1-2H3/t12-,13+,14-,17-,18+,19-,20+/m0/s1. The molecule has 2 spiro atoms. The molecule has 5 fully saturated rings. The molecule has 5 aliphatic rings. The molecule has 0 unspecified atom stereocenters. The van der Waals surface area contributed by atoms with Crippen LogP contribution in [0.25, 0.3) is 0 Å². The van der Waals surface area contributed by atoms with Gasteiger partial charge in [-0.05, 0) is 44.9 Å². The summed E-state index contributed by atoms with van der Waals surface area (Å²) in [5.74, 6) is -0.504. The highest BCUT2D eigenvalue weighted by molar-refractivity contribution is 5.82. The number of hydrogen-bond donors (Lipinski definition) is 1. The van der Waals surface area contributed by atoms with Crippen LogP contribution in [0.3, 0.4) is 0 Å². The van der Waals surface area contributed by atoms with E-state index in [1.807, 2.05) is 6.92 Å². The number of carbonyl (C=O) groups is 2. The van der Waals surface area contributed by atoms with Gasteiger partial charge in [0.1, 0.15) is 6.61 Å². The number of rotatable bonds is 0. The first kappa shape index (κ1) is 17.0. The summed E-state index contributed by atoms with van der Waals surface area (Å²) >= 11 is 0. The molecular weight excluding hydrogens is 336 g/mol. The van der Waals surface area contributed by atoms with Gasteiger partial charge in [0.15, 0.2) is 5.60 Å². The molecule has 0 aromatic rings. The molecule has 2 aliphatic carbocycles. The minimum atomic E-state index is -0.842. The molecule has 5 rings (SSSR count). The molecule has 1 N–H and O–H groups in total. The molecule has 2 bridgehead atoms. The second kappa shape index (κ2) is 5.02. The highest BCUT2D eigenvalue weighted by atomic mass is 16.6. The van der Waals surface area contributed by atoms with E-state index in [1.165, 1.54) is 0 Å². The van der Waals surface area contributed by atoms with Crippen molar-refractivity contribution in [2.24, 2.45) is 22.7 Å². The van der Waals surface area contributed by atoms with Crippen LogP contribution in [0, 0.1) is 22.7 Å². The third-order valence-corrected chi connectivity index (χ3v) is 8.54. The first-order valence-electron chi connectivity index (χ1n) is 10.0. The maximum atomic E-state index is 12.7. The zero-order valence-electron chi connectivity index (χ0n) is 15.6. The van der Waals surface area contributed by atoms with Crippen LogP contribution in [0.1, 0.15) is 58.8 Å². The Morgan fingerprint density at radius 3 is 2.58 bits per heavy atom. The lowest BCUT2D eigenvalue weighted by Crippen LogP contribution is -2.73. The Morgan fingerprint density at radius 1 is 1.04 bits per heavy atom. The predicted octanol–water partition coefficient (Wildman–Crippen LogP) is 1.97. The number of ether oxygens (including phenoxy) is 3. The number of aliphatic hydroxyl groups excluding tert-OH is 1. The van der Waals surface area contributed by atoms with Gasteiger partial charge < -0.3 is 19.3 Å². The summed E-state index contributed by atoms with van der Waals surface area (Å²) in [7, 11) is 0. The average molecular weight is 364 g/mol. The van der Waals surface area contributed by atoms with E-state index in [-0.39, 0.29) is 23.8 Å². The summed E-state index contributed by atoms with van der Waals surface area (Å²) in [6, 6.07) is 0. The predicted molar refractivity (Wildman–Crippen MR) is 90.0 cm³/mol. The fourth-order valence-electron chi connectivity index (χ4n) is 7.41. The lowest BCUT2D eigenvalue weighted by Gasteiger charge is -2.67. The number of esters is 2. The van der Waals surface area contributed by atoms with Gasteiger partial charge in [-0.3, -0.25) is 4.79 Å². The summed E-state index contributed by atoms with van der Waals surface area (Å²) in [5.41, 5.74) is -2.47. The van der Waals surface area contributed by atoms with Crippen molar-refractivity contribution in [2.75, 3.05) is 13.2 Å². The van der Waals surface area contributed by atoms with Crippen LogP contribution >= 0.6 is 0 Å². The lowest BCUT2D eigenvalue weighted by molar-refractivity contribution is -0.302. The van der Waals surface area contributed by atoms with Crippen LogP contribution in [0.5, 0.6) is 0 Å². The Balaban J connectivity index is 1.64. The Bertz CT molecular complexity index is 677. The van der Waals surface area contributed by atoms with Crippen LogP contribution in [0.4, 0.5) is 0 Å². The molecule has 6 nitrogen and oxygen atoms in total. The van der Waals surface area contributed by atoms with Crippen LogP contribution in [-0.2, 0) is 23.8 Å².